The first-order valence-corrected chi connectivity index (χ1v) is 4.91. The standard InChI is InChI=1S/C12H11F2NO/c13-11-2-1-10(12(14)5-11)7-15-6-9-3-4-16-8-9/h1-5,8,15H,6-7H2. The van der Waals surface area contributed by atoms with E-state index in [1.165, 1.54) is 12.1 Å². The molecule has 0 aliphatic rings. The quantitative estimate of drug-likeness (QED) is 0.862. The molecule has 1 aromatic carbocycles. The van der Waals surface area contributed by atoms with E-state index >= 15 is 0 Å². The second-order valence-corrected chi connectivity index (χ2v) is 3.47. The van der Waals surface area contributed by atoms with E-state index < -0.39 is 11.6 Å². The molecule has 2 rings (SSSR count). The van der Waals surface area contributed by atoms with Gasteiger partial charge in [0.1, 0.15) is 11.6 Å². The molecule has 0 spiro atoms. The molecule has 4 heteroatoms. The van der Waals surface area contributed by atoms with Gasteiger partial charge in [0, 0.05) is 30.3 Å². The third kappa shape index (κ3) is 2.67. The van der Waals surface area contributed by atoms with Gasteiger partial charge >= 0.3 is 0 Å². The third-order valence-corrected chi connectivity index (χ3v) is 2.24. The van der Waals surface area contributed by atoms with Crippen molar-refractivity contribution >= 4 is 0 Å². The maximum absolute atomic E-state index is 13.2. The summed E-state index contributed by atoms with van der Waals surface area (Å²) in [5, 5.41) is 3.04. The van der Waals surface area contributed by atoms with Crippen LogP contribution < -0.4 is 5.32 Å². The van der Waals surface area contributed by atoms with Gasteiger partial charge in [0.05, 0.1) is 12.5 Å². The summed E-state index contributed by atoms with van der Waals surface area (Å²) in [5.74, 6) is -1.09. The Bertz CT molecular complexity index is 454. The molecule has 1 aromatic heterocycles. The number of furan rings is 1. The van der Waals surface area contributed by atoms with Crippen LogP contribution in [-0.4, -0.2) is 0 Å². The Balaban J connectivity index is 1.90. The third-order valence-electron chi connectivity index (χ3n) is 2.24. The van der Waals surface area contributed by atoms with Crippen LogP contribution in [0.2, 0.25) is 0 Å². The molecule has 16 heavy (non-hydrogen) atoms. The minimum Gasteiger partial charge on any atom is -0.472 e. The van der Waals surface area contributed by atoms with Crippen molar-refractivity contribution < 1.29 is 13.2 Å². The minimum absolute atomic E-state index is 0.358. The normalized spacial score (nSPS) is 10.6. The first kappa shape index (κ1) is 10.8. The highest BCUT2D eigenvalue weighted by atomic mass is 19.1. The van der Waals surface area contributed by atoms with Crippen LogP contribution in [0.1, 0.15) is 11.1 Å². The summed E-state index contributed by atoms with van der Waals surface area (Å²) in [6.45, 7) is 0.949. The summed E-state index contributed by atoms with van der Waals surface area (Å²) in [6, 6.07) is 5.40. The number of hydrogen-bond donors (Lipinski definition) is 1. The number of halogens is 2. The molecule has 0 aliphatic heterocycles. The van der Waals surface area contributed by atoms with E-state index in [2.05, 4.69) is 5.32 Å². The Kier molecular flexibility index (Phi) is 3.31. The van der Waals surface area contributed by atoms with Gasteiger partial charge in [0.15, 0.2) is 0 Å². The largest absolute Gasteiger partial charge is 0.472 e. The van der Waals surface area contributed by atoms with Gasteiger partial charge in [0.25, 0.3) is 0 Å². The van der Waals surface area contributed by atoms with Crippen molar-refractivity contribution in [2.24, 2.45) is 0 Å². The van der Waals surface area contributed by atoms with Gasteiger partial charge in [-0.05, 0) is 12.1 Å². The average Bonchev–Trinajstić information content (AvgIpc) is 2.74. The molecule has 0 radical (unpaired) electrons. The summed E-state index contributed by atoms with van der Waals surface area (Å²) in [7, 11) is 0. The molecule has 0 fully saturated rings. The molecule has 2 nitrogen and oxygen atoms in total. The zero-order valence-electron chi connectivity index (χ0n) is 8.54. The molecule has 0 atom stereocenters. The molecule has 0 aliphatic carbocycles. The van der Waals surface area contributed by atoms with Gasteiger partial charge in [-0.1, -0.05) is 6.07 Å². The highest BCUT2D eigenvalue weighted by Gasteiger charge is 2.03. The molecule has 1 N–H and O–H groups in total. The van der Waals surface area contributed by atoms with E-state index in [1.54, 1.807) is 12.5 Å². The smallest absolute Gasteiger partial charge is 0.130 e. The fraction of sp³-hybridized carbons (Fsp3) is 0.167. The monoisotopic (exact) mass is 223 g/mol. The zero-order chi connectivity index (χ0) is 11.4. The van der Waals surface area contributed by atoms with E-state index in [0.717, 1.165) is 11.6 Å². The maximum Gasteiger partial charge on any atom is 0.130 e. The van der Waals surface area contributed by atoms with E-state index in [0.29, 0.717) is 18.7 Å². The molecule has 84 valence electrons. The van der Waals surface area contributed by atoms with Crippen LogP contribution in [0.3, 0.4) is 0 Å². The summed E-state index contributed by atoms with van der Waals surface area (Å²) < 4.78 is 30.7. The van der Waals surface area contributed by atoms with Crippen molar-refractivity contribution in [1.29, 1.82) is 0 Å². The van der Waals surface area contributed by atoms with Gasteiger partial charge < -0.3 is 9.73 Å². The van der Waals surface area contributed by atoms with Crippen LogP contribution in [-0.2, 0) is 13.1 Å². The molecular weight excluding hydrogens is 212 g/mol. The second-order valence-electron chi connectivity index (χ2n) is 3.47. The van der Waals surface area contributed by atoms with Crippen molar-refractivity contribution in [2.75, 3.05) is 0 Å². The van der Waals surface area contributed by atoms with Crippen LogP contribution in [0.4, 0.5) is 8.78 Å². The van der Waals surface area contributed by atoms with Gasteiger partial charge in [-0.25, -0.2) is 8.78 Å². The summed E-state index contributed by atoms with van der Waals surface area (Å²) in [5.41, 5.74) is 1.44. The van der Waals surface area contributed by atoms with Crippen molar-refractivity contribution in [1.82, 2.24) is 5.32 Å². The lowest BCUT2D eigenvalue weighted by molar-refractivity contribution is 0.552. The van der Waals surface area contributed by atoms with E-state index in [1.807, 2.05) is 6.07 Å². The van der Waals surface area contributed by atoms with Gasteiger partial charge in [-0.3, -0.25) is 0 Å². The highest BCUT2D eigenvalue weighted by Crippen LogP contribution is 2.09. The summed E-state index contributed by atoms with van der Waals surface area (Å²) in [4.78, 5) is 0. The topological polar surface area (TPSA) is 25.2 Å². The van der Waals surface area contributed by atoms with Crippen LogP contribution in [0, 0.1) is 11.6 Å². The van der Waals surface area contributed by atoms with Gasteiger partial charge in [0.2, 0.25) is 0 Å². The predicted octanol–water partition coefficient (Wildman–Crippen LogP) is 2.85. The number of rotatable bonds is 4. The molecule has 0 amide bonds. The molecule has 1 heterocycles. The number of hydrogen-bond acceptors (Lipinski definition) is 2. The molecule has 0 saturated carbocycles. The first-order chi connectivity index (χ1) is 7.75. The van der Waals surface area contributed by atoms with Crippen LogP contribution in [0.5, 0.6) is 0 Å². The van der Waals surface area contributed by atoms with Crippen molar-refractivity contribution in [3.8, 4) is 0 Å². The van der Waals surface area contributed by atoms with Gasteiger partial charge in [-0.15, -0.1) is 0 Å². The Morgan fingerprint density at radius 2 is 2.00 bits per heavy atom. The second kappa shape index (κ2) is 4.90. The van der Waals surface area contributed by atoms with Crippen LogP contribution >= 0.6 is 0 Å². The van der Waals surface area contributed by atoms with E-state index in [4.69, 9.17) is 4.42 Å². The van der Waals surface area contributed by atoms with Crippen LogP contribution in [0.25, 0.3) is 0 Å². The van der Waals surface area contributed by atoms with Gasteiger partial charge in [-0.2, -0.15) is 0 Å². The summed E-state index contributed by atoms with van der Waals surface area (Å²) >= 11 is 0. The van der Waals surface area contributed by atoms with E-state index in [9.17, 15) is 8.78 Å². The number of nitrogens with one attached hydrogen (secondary N) is 1. The molecule has 0 bridgehead atoms. The van der Waals surface area contributed by atoms with Crippen molar-refractivity contribution in [3.05, 3.63) is 59.6 Å². The van der Waals surface area contributed by atoms with Crippen molar-refractivity contribution in [2.45, 2.75) is 13.1 Å². The number of benzene rings is 1. The lowest BCUT2D eigenvalue weighted by atomic mass is 10.2. The molecule has 2 aromatic rings. The Morgan fingerprint density at radius 1 is 1.12 bits per heavy atom. The van der Waals surface area contributed by atoms with Crippen molar-refractivity contribution in [3.63, 3.8) is 0 Å². The predicted molar refractivity (Wildman–Crippen MR) is 55.6 cm³/mol. The lowest BCUT2D eigenvalue weighted by Gasteiger charge is -2.04. The Morgan fingerprint density at radius 3 is 2.69 bits per heavy atom. The highest BCUT2D eigenvalue weighted by molar-refractivity contribution is 5.18. The SMILES string of the molecule is Fc1ccc(CNCc2ccoc2)c(F)c1. The first-order valence-electron chi connectivity index (χ1n) is 4.91. The zero-order valence-corrected chi connectivity index (χ0v) is 8.54. The Hall–Kier alpha value is -1.68. The lowest BCUT2D eigenvalue weighted by Crippen LogP contribution is -2.13. The van der Waals surface area contributed by atoms with Crippen LogP contribution in [0.15, 0.2) is 41.2 Å². The average molecular weight is 223 g/mol. The molecule has 0 unspecified atom stereocenters. The minimum atomic E-state index is -0.559. The van der Waals surface area contributed by atoms with E-state index in [-0.39, 0.29) is 0 Å². The summed E-state index contributed by atoms with van der Waals surface area (Å²) in [6.07, 6.45) is 3.20. The molecule has 0 saturated heterocycles. The molecular formula is C12H11F2NO. The fourth-order valence-corrected chi connectivity index (χ4v) is 1.40. The maximum atomic E-state index is 13.2. The Labute approximate surface area is 91.9 Å². The fourth-order valence-electron chi connectivity index (χ4n) is 1.40.